The number of aliphatic hydroxyl groups is 2. The Bertz CT molecular complexity index is 1760. The van der Waals surface area contributed by atoms with Gasteiger partial charge in [0.25, 0.3) is 0 Å². The van der Waals surface area contributed by atoms with Gasteiger partial charge in [-0.15, -0.1) is 0 Å². The number of nitrogen functional groups attached to an aromatic ring is 1. The van der Waals surface area contributed by atoms with Gasteiger partial charge >= 0.3 is 14.1 Å². The van der Waals surface area contributed by atoms with Crippen molar-refractivity contribution < 1.29 is 43.7 Å². The number of imidazole rings is 1. The monoisotopic (exact) mass is 772 g/mol. The number of rotatable bonds is 12. The number of ether oxygens (including phenoxy) is 3. The molecule has 0 amide bonds. The Labute approximate surface area is 275 Å². The SMILES string of the molecule is COc1nc(N)nc2c1nc(I)n2[C@@H]1O[C@H](COc2ccc3ccccc3c2O/[P+]([O-])=N/C(CCSC)C(=O)O)[C@@H](O)[C@@]1(C)O. The zero-order valence-electron chi connectivity index (χ0n) is 24.2. The van der Waals surface area contributed by atoms with Gasteiger partial charge in [-0.05, 0) is 36.8 Å². The van der Waals surface area contributed by atoms with Crippen LogP contribution in [0.25, 0.3) is 21.9 Å². The average molecular weight is 773 g/mol. The number of thioether (sulfide) groups is 1. The normalized spacial score (nSPS) is 22.6. The first-order chi connectivity index (χ1) is 21.5. The van der Waals surface area contributed by atoms with Crippen molar-refractivity contribution in [3.05, 3.63) is 40.2 Å². The summed E-state index contributed by atoms with van der Waals surface area (Å²) < 4.78 is 29.0. The second kappa shape index (κ2) is 13.7. The van der Waals surface area contributed by atoms with Gasteiger partial charge in [-0.2, -0.15) is 21.7 Å². The van der Waals surface area contributed by atoms with Gasteiger partial charge in [-0.25, -0.2) is 9.78 Å². The lowest BCUT2D eigenvalue weighted by Crippen LogP contribution is -2.45. The summed E-state index contributed by atoms with van der Waals surface area (Å²) in [5.74, 6) is -0.398. The molecule has 45 heavy (non-hydrogen) atoms. The molecule has 5 N–H and O–H groups in total. The number of aromatic nitrogens is 4. The van der Waals surface area contributed by atoms with E-state index in [4.69, 9.17) is 24.5 Å². The molecule has 1 aliphatic heterocycles. The topological polar surface area (TPSA) is 220 Å². The lowest BCUT2D eigenvalue weighted by atomic mass is 9.96. The Morgan fingerprint density at radius 1 is 1.31 bits per heavy atom. The number of anilines is 1. The van der Waals surface area contributed by atoms with Crippen LogP contribution in [0, 0.1) is 3.83 Å². The second-order valence-electron chi connectivity index (χ2n) is 10.2. The van der Waals surface area contributed by atoms with Crippen LogP contribution in [0.4, 0.5) is 5.95 Å². The number of carboxylic acids is 1. The Kier molecular flexibility index (Phi) is 10.2. The molecular weight excluding hydrogens is 742 g/mol. The van der Waals surface area contributed by atoms with Crippen molar-refractivity contribution >= 4 is 76.4 Å². The van der Waals surface area contributed by atoms with Crippen molar-refractivity contribution in [3.8, 4) is 17.4 Å². The molecule has 6 atom stereocenters. The van der Waals surface area contributed by atoms with E-state index >= 15 is 0 Å². The molecule has 2 aromatic heterocycles. The second-order valence-corrected chi connectivity index (χ2v) is 13.1. The molecule has 5 rings (SSSR count). The van der Waals surface area contributed by atoms with Crippen LogP contribution in [-0.2, 0) is 9.53 Å². The van der Waals surface area contributed by atoms with E-state index in [2.05, 4.69) is 19.7 Å². The number of aliphatic hydroxyl groups excluding tert-OH is 1. The largest absolute Gasteiger partial charge is 0.575 e. The summed E-state index contributed by atoms with van der Waals surface area (Å²) >= 11 is 3.40. The first-order valence-corrected chi connectivity index (χ1v) is 17.1. The molecule has 15 nitrogen and oxygen atoms in total. The van der Waals surface area contributed by atoms with Gasteiger partial charge in [0.1, 0.15) is 24.4 Å². The molecular formula is C27H30IN6O9PS. The van der Waals surface area contributed by atoms with E-state index in [0.717, 1.165) is 5.39 Å². The van der Waals surface area contributed by atoms with E-state index in [1.54, 1.807) is 24.3 Å². The number of nitrogens with zero attached hydrogens (tertiary/aromatic N) is 5. The third-order valence-corrected chi connectivity index (χ3v) is 9.41. The molecule has 2 unspecified atom stereocenters. The maximum absolute atomic E-state index is 13.0. The van der Waals surface area contributed by atoms with Crippen LogP contribution < -0.4 is 24.6 Å². The molecule has 1 fully saturated rings. The Balaban J connectivity index is 1.43. The molecule has 18 heteroatoms. The third-order valence-electron chi connectivity index (χ3n) is 7.19. The number of hydrogen-bond acceptors (Lipinski definition) is 14. The van der Waals surface area contributed by atoms with Gasteiger partial charge < -0.3 is 40.2 Å². The zero-order valence-corrected chi connectivity index (χ0v) is 28.1. The Morgan fingerprint density at radius 2 is 2.07 bits per heavy atom. The number of aliphatic carboxylic acids is 1. The van der Waals surface area contributed by atoms with Gasteiger partial charge in [0.2, 0.25) is 17.6 Å². The highest BCUT2D eigenvalue weighted by Crippen LogP contribution is 2.43. The zero-order chi connectivity index (χ0) is 32.5. The fourth-order valence-corrected chi connectivity index (χ4v) is 6.93. The van der Waals surface area contributed by atoms with Crippen LogP contribution in [0.3, 0.4) is 0 Å². The van der Waals surface area contributed by atoms with Crippen LogP contribution in [0.1, 0.15) is 19.6 Å². The average Bonchev–Trinajstić information content (AvgIpc) is 3.44. The summed E-state index contributed by atoms with van der Waals surface area (Å²) in [5, 5.41) is 33.4. The minimum absolute atomic E-state index is 0.0807. The van der Waals surface area contributed by atoms with Gasteiger partial charge in [-0.3, -0.25) is 9.09 Å². The molecule has 0 saturated carbocycles. The van der Waals surface area contributed by atoms with Crippen LogP contribution in [0.2, 0.25) is 0 Å². The molecule has 3 heterocycles. The van der Waals surface area contributed by atoms with E-state index in [1.165, 1.54) is 30.4 Å². The molecule has 2 aromatic carbocycles. The number of methoxy groups -OCH3 is 1. The van der Waals surface area contributed by atoms with Crippen LogP contribution >= 0.6 is 42.5 Å². The fourth-order valence-electron chi connectivity index (χ4n) is 4.92. The summed E-state index contributed by atoms with van der Waals surface area (Å²) in [7, 11) is -1.38. The first kappa shape index (κ1) is 33.3. The number of carboxylic acid groups (broad SMARTS) is 1. The third kappa shape index (κ3) is 6.74. The summed E-state index contributed by atoms with van der Waals surface area (Å²) in [6, 6.07) is 9.29. The Morgan fingerprint density at radius 3 is 2.78 bits per heavy atom. The van der Waals surface area contributed by atoms with Crippen molar-refractivity contribution in [1.82, 2.24) is 19.5 Å². The number of nitrogens with two attached hydrogens (primary N) is 1. The van der Waals surface area contributed by atoms with Crippen molar-refractivity contribution in [2.45, 2.75) is 43.4 Å². The van der Waals surface area contributed by atoms with Gasteiger partial charge in [0.15, 0.2) is 33.0 Å². The number of carbonyl (C=O) groups is 1. The summed E-state index contributed by atoms with van der Waals surface area (Å²) in [6.45, 7) is 1.16. The highest BCUT2D eigenvalue weighted by atomic mass is 127. The predicted octanol–water partition coefficient (Wildman–Crippen LogP) is 2.70. The van der Waals surface area contributed by atoms with Crippen molar-refractivity contribution in [2.24, 2.45) is 4.74 Å². The van der Waals surface area contributed by atoms with Crippen molar-refractivity contribution in [2.75, 3.05) is 31.5 Å². The van der Waals surface area contributed by atoms with E-state index < -0.39 is 44.2 Å². The van der Waals surface area contributed by atoms with Crippen molar-refractivity contribution in [1.29, 1.82) is 0 Å². The number of halogens is 1. The molecule has 0 bridgehead atoms. The minimum Gasteiger partial charge on any atom is -0.575 e. The number of fused-ring (bicyclic) bond motifs is 2. The quantitative estimate of drug-likeness (QED) is 0.0925. The molecule has 0 spiro atoms. The van der Waals surface area contributed by atoms with Crippen molar-refractivity contribution in [3.63, 3.8) is 0 Å². The molecule has 4 aromatic rings. The maximum Gasteiger partial charge on any atom is 0.395 e. The standard InChI is InChI=1S/C27H30IN6O9PS/c1-27(38)20(35)17(42-24(27)34-21-18(30-25(34)28)22(40-2)32-26(29)31-21)12-41-16-9-8-13-6-4-5-7-14(13)19(16)43-44(39)33-15(23(36)37)10-11-45-3/h4-9,15,17,20,24,35,38H,10-12H2,1-3H3,(H,36,37)(H2,29,31,32)/t15?,17-,20-,24-,27-/m1/s1. The van der Waals surface area contributed by atoms with Crippen LogP contribution in [0.15, 0.2) is 41.1 Å². The molecule has 240 valence electrons. The van der Waals surface area contributed by atoms with E-state index in [0.29, 0.717) is 20.5 Å². The summed E-state index contributed by atoms with van der Waals surface area (Å²) in [6.07, 6.45) is -1.62. The maximum atomic E-state index is 13.0. The fraction of sp³-hybridized carbons (Fsp3) is 0.407. The Hall–Kier alpha value is -3.06. The highest BCUT2D eigenvalue weighted by Gasteiger charge is 2.54. The lowest BCUT2D eigenvalue weighted by molar-refractivity contribution is -0.169. The van der Waals surface area contributed by atoms with E-state index in [1.807, 2.05) is 41.0 Å². The van der Waals surface area contributed by atoms with Gasteiger partial charge in [0.05, 0.1) is 7.11 Å². The number of benzene rings is 2. The van der Waals surface area contributed by atoms with Gasteiger partial charge in [0, 0.05) is 28.0 Å². The highest BCUT2D eigenvalue weighted by molar-refractivity contribution is 14.1. The molecule has 1 aliphatic rings. The summed E-state index contributed by atoms with van der Waals surface area (Å²) in [5.41, 5.74) is 4.57. The first-order valence-electron chi connectivity index (χ1n) is 13.5. The van der Waals surface area contributed by atoms with E-state index in [-0.39, 0.29) is 42.0 Å². The predicted molar refractivity (Wildman–Crippen MR) is 173 cm³/mol. The van der Waals surface area contributed by atoms with Crippen LogP contribution in [0.5, 0.6) is 17.4 Å². The van der Waals surface area contributed by atoms with Crippen LogP contribution in [-0.4, -0.2) is 90.4 Å². The molecule has 0 radical (unpaired) electrons. The summed E-state index contributed by atoms with van der Waals surface area (Å²) in [4.78, 5) is 37.4. The lowest BCUT2D eigenvalue weighted by Gasteiger charge is -2.27. The number of hydrogen-bond donors (Lipinski definition) is 4. The minimum atomic E-state index is -2.80. The van der Waals surface area contributed by atoms with Gasteiger partial charge in [-0.1, -0.05) is 35.1 Å². The smallest absolute Gasteiger partial charge is 0.395 e. The van der Waals surface area contributed by atoms with E-state index in [9.17, 15) is 25.0 Å². The molecule has 1 saturated heterocycles. The molecule has 0 aliphatic carbocycles.